The standard InChI is InChI=1S/C20H18O8/c1-3-26-19(24)10-27-17-6-11(4-5-15(17)25-2)16-9-14(23)20-13(22)7-12(21)8-18(20)28-16/h4-9,21-22H,3,10H2,1-2H3. The molecule has 0 unspecified atom stereocenters. The van der Waals surface area contributed by atoms with Crippen molar-refractivity contribution in [2.24, 2.45) is 0 Å². The highest BCUT2D eigenvalue weighted by atomic mass is 16.6. The molecule has 0 bridgehead atoms. The summed E-state index contributed by atoms with van der Waals surface area (Å²) in [6.45, 7) is 1.62. The quantitative estimate of drug-likeness (QED) is 0.622. The molecule has 0 saturated heterocycles. The number of phenolic OH excluding ortho intramolecular Hbond substituents is 2. The number of carbonyl (C=O) groups excluding carboxylic acids is 1. The van der Waals surface area contributed by atoms with E-state index in [4.69, 9.17) is 18.6 Å². The van der Waals surface area contributed by atoms with Gasteiger partial charge in [-0.15, -0.1) is 0 Å². The second-order valence-electron chi connectivity index (χ2n) is 5.77. The lowest BCUT2D eigenvalue weighted by molar-refractivity contribution is -0.145. The summed E-state index contributed by atoms with van der Waals surface area (Å²) >= 11 is 0. The van der Waals surface area contributed by atoms with Gasteiger partial charge in [0, 0.05) is 23.8 Å². The maximum atomic E-state index is 12.4. The maximum absolute atomic E-state index is 12.4. The number of hydrogen-bond acceptors (Lipinski definition) is 8. The summed E-state index contributed by atoms with van der Waals surface area (Å²) in [6.07, 6.45) is 0. The van der Waals surface area contributed by atoms with E-state index in [1.165, 1.54) is 19.2 Å². The van der Waals surface area contributed by atoms with Crippen molar-refractivity contribution >= 4 is 16.9 Å². The minimum Gasteiger partial charge on any atom is -0.508 e. The van der Waals surface area contributed by atoms with Crippen LogP contribution in [-0.4, -0.2) is 36.5 Å². The average molecular weight is 386 g/mol. The van der Waals surface area contributed by atoms with Crippen LogP contribution in [0.4, 0.5) is 0 Å². The Hall–Kier alpha value is -3.68. The molecule has 0 spiro atoms. The predicted molar refractivity (Wildman–Crippen MR) is 99.9 cm³/mol. The van der Waals surface area contributed by atoms with E-state index < -0.39 is 11.4 Å². The molecular weight excluding hydrogens is 368 g/mol. The van der Waals surface area contributed by atoms with Crippen molar-refractivity contribution in [3.8, 4) is 34.3 Å². The lowest BCUT2D eigenvalue weighted by atomic mass is 10.1. The van der Waals surface area contributed by atoms with E-state index in [0.717, 1.165) is 6.07 Å². The number of methoxy groups -OCH3 is 1. The first kappa shape index (κ1) is 19.1. The van der Waals surface area contributed by atoms with E-state index >= 15 is 0 Å². The van der Waals surface area contributed by atoms with Crippen molar-refractivity contribution in [2.45, 2.75) is 6.92 Å². The van der Waals surface area contributed by atoms with Gasteiger partial charge in [-0.25, -0.2) is 4.79 Å². The Labute approximate surface area is 159 Å². The Morgan fingerprint density at radius 2 is 1.89 bits per heavy atom. The molecule has 1 aromatic heterocycles. The summed E-state index contributed by atoms with van der Waals surface area (Å²) in [7, 11) is 1.45. The maximum Gasteiger partial charge on any atom is 0.344 e. The largest absolute Gasteiger partial charge is 0.508 e. The first-order valence-electron chi connectivity index (χ1n) is 8.39. The van der Waals surface area contributed by atoms with E-state index in [1.54, 1.807) is 25.1 Å². The van der Waals surface area contributed by atoms with E-state index in [1.807, 2.05) is 0 Å². The van der Waals surface area contributed by atoms with Crippen LogP contribution in [0.5, 0.6) is 23.0 Å². The van der Waals surface area contributed by atoms with E-state index in [2.05, 4.69) is 0 Å². The first-order chi connectivity index (χ1) is 13.4. The van der Waals surface area contributed by atoms with Crippen LogP contribution in [0.25, 0.3) is 22.3 Å². The molecular formula is C20H18O8. The number of esters is 1. The van der Waals surface area contributed by atoms with Gasteiger partial charge in [-0.3, -0.25) is 4.79 Å². The Morgan fingerprint density at radius 3 is 2.61 bits per heavy atom. The van der Waals surface area contributed by atoms with Crippen LogP contribution in [0, 0.1) is 0 Å². The van der Waals surface area contributed by atoms with Crippen LogP contribution in [-0.2, 0) is 9.53 Å². The number of ether oxygens (including phenoxy) is 3. The molecule has 0 radical (unpaired) electrons. The summed E-state index contributed by atoms with van der Waals surface area (Å²) in [4.78, 5) is 23.9. The lowest BCUT2D eigenvalue weighted by Crippen LogP contribution is -2.14. The van der Waals surface area contributed by atoms with Crippen molar-refractivity contribution in [3.05, 3.63) is 46.6 Å². The molecule has 0 aliphatic rings. The third kappa shape index (κ3) is 3.85. The predicted octanol–water partition coefficient (Wildman–Crippen LogP) is 2.82. The minimum atomic E-state index is -0.529. The molecule has 0 aliphatic carbocycles. The highest BCUT2D eigenvalue weighted by Crippen LogP contribution is 2.34. The van der Waals surface area contributed by atoms with Crippen LogP contribution >= 0.6 is 0 Å². The zero-order valence-corrected chi connectivity index (χ0v) is 15.2. The van der Waals surface area contributed by atoms with Crippen LogP contribution in [0.2, 0.25) is 0 Å². The fourth-order valence-corrected chi connectivity index (χ4v) is 2.68. The van der Waals surface area contributed by atoms with Gasteiger partial charge in [-0.2, -0.15) is 0 Å². The fraction of sp³-hybridized carbons (Fsp3) is 0.200. The van der Waals surface area contributed by atoms with Crippen molar-refractivity contribution in [1.82, 2.24) is 0 Å². The van der Waals surface area contributed by atoms with E-state index in [-0.39, 0.29) is 47.2 Å². The van der Waals surface area contributed by atoms with E-state index in [0.29, 0.717) is 11.3 Å². The number of aromatic hydroxyl groups is 2. The van der Waals surface area contributed by atoms with Gasteiger partial charge >= 0.3 is 5.97 Å². The van der Waals surface area contributed by atoms with Crippen LogP contribution in [0.1, 0.15) is 6.92 Å². The summed E-state index contributed by atoms with van der Waals surface area (Å²) in [5.74, 6) is -0.313. The van der Waals surface area contributed by atoms with Crippen LogP contribution < -0.4 is 14.9 Å². The molecule has 8 heteroatoms. The van der Waals surface area contributed by atoms with Crippen molar-refractivity contribution in [1.29, 1.82) is 0 Å². The molecule has 2 N–H and O–H groups in total. The number of carbonyl (C=O) groups is 1. The third-order valence-corrected chi connectivity index (χ3v) is 3.89. The highest BCUT2D eigenvalue weighted by Gasteiger charge is 2.15. The number of hydrogen-bond donors (Lipinski definition) is 2. The van der Waals surface area contributed by atoms with Gasteiger partial charge in [-0.1, -0.05) is 0 Å². The molecule has 0 fully saturated rings. The molecule has 28 heavy (non-hydrogen) atoms. The second kappa shape index (κ2) is 7.91. The van der Waals surface area contributed by atoms with Gasteiger partial charge in [-0.05, 0) is 25.1 Å². The molecule has 146 valence electrons. The average Bonchev–Trinajstić information content (AvgIpc) is 2.65. The summed E-state index contributed by atoms with van der Waals surface area (Å²) in [5.41, 5.74) is 0.0323. The van der Waals surface area contributed by atoms with Gasteiger partial charge in [0.15, 0.2) is 23.5 Å². The molecule has 2 aromatic carbocycles. The Bertz CT molecular complexity index is 1080. The summed E-state index contributed by atoms with van der Waals surface area (Å²) in [5, 5.41) is 19.5. The Kier molecular flexibility index (Phi) is 5.39. The topological polar surface area (TPSA) is 115 Å². The SMILES string of the molecule is CCOC(=O)COc1cc(-c2cc(=O)c3c(O)cc(O)cc3o2)ccc1OC. The van der Waals surface area contributed by atoms with Crippen LogP contribution in [0.3, 0.4) is 0 Å². The highest BCUT2D eigenvalue weighted by molar-refractivity contribution is 5.86. The molecule has 0 atom stereocenters. The fourth-order valence-electron chi connectivity index (χ4n) is 2.68. The van der Waals surface area contributed by atoms with Gasteiger partial charge in [0.1, 0.15) is 28.2 Å². The number of rotatable bonds is 6. The van der Waals surface area contributed by atoms with Gasteiger partial charge in [0.25, 0.3) is 0 Å². The number of fused-ring (bicyclic) bond motifs is 1. The van der Waals surface area contributed by atoms with Crippen molar-refractivity contribution in [2.75, 3.05) is 20.3 Å². The van der Waals surface area contributed by atoms with Gasteiger partial charge < -0.3 is 28.8 Å². The third-order valence-electron chi connectivity index (χ3n) is 3.89. The molecule has 0 aliphatic heterocycles. The molecule has 3 rings (SSSR count). The first-order valence-corrected chi connectivity index (χ1v) is 8.39. The summed E-state index contributed by atoms with van der Waals surface area (Å²) in [6, 6.07) is 8.30. The minimum absolute atomic E-state index is 0.0322. The molecule has 0 saturated carbocycles. The number of phenols is 2. The van der Waals surface area contributed by atoms with Crippen LogP contribution in [0.15, 0.2) is 45.6 Å². The number of benzene rings is 2. The second-order valence-corrected chi connectivity index (χ2v) is 5.77. The zero-order chi connectivity index (χ0) is 20.3. The van der Waals surface area contributed by atoms with E-state index in [9.17, 15) is 19.8 Å². The summed E-state index contributed by atoms with van der Waals surface area (Å²) < 4.78 is 21.2. The van der Waals surface area contributed by atoms with Gasteiger partial charge in [0.05, 0.1) is 13.7 Å². The zero-order valence-electron chi connectivity index (χ0n) is 15.2. The Balaban J connectivity index is 2.02. The monoisotopic (exact) mass is 386 g/mol. The normalized spacial score (nSPS) is 10.6. The van der Waals surface area contributed by atoms with Crippen molar-refractivity contribution < 1.29 is 33.6 Å². The molecule has 3 aromatic rings. The molecule has 0 amide bonds. The Morgan fingerprint density at radius 1 is 1.11 bits per heavy atom. The molecule has 1 heterocycles. The van der Waals surface area contributed by atoms with Gasteiger partial charge in [0.2, 0.25) is 0 Å². The smallest absolute Gasteiger partial charge is 0.344 e. The molecule has 8 nitrogen and oxygen atoms in total. The van der Waals surface area contributed by atoms with Crippen molar-refractivity contribution in [3.63, 3.8) is 0 Å². The lowest BCUT2D eigenvalue weighted by Gasteiger charge is -2.12.